The Morgan fingerprint density at radius 3 is 3.00 bits per heavy atom. The van der Waals surface area contributed by atoms with Crippen molar-refractivity contribution in [3.05, 3.63) is 30.1 Å². The minimum Gasteiger partial charge on any atom is -0.393 e. The Bertz CT molecular complexity index is 725. The number of aryl methyl sites for hydroxylation is 1. The Labute approximate surface area is 148 Å². The molecule has 1 saturated heterocycles. The van der Waals surface area contributed by atoms with Crippen LogP contribution in [0.5, 0.6) is 0 Å². The maximum atomic E-state index is 12.4. The maximum absolute atomic E-state index is 12.4. The van der Waals surface area contributed by atoms with E-state index in [4.69, 9.17) is 4.98 Å². The van der Waals surface area contributed by atoms with E-state index in [2.05, 4.69) is 22.9 Å². The third-order valence-corrected chi connectivity index (χ3v) is 5.10. The molecule has 0 spiro atoms. The van der Waals surface area contributed by atoms with E-state index in [1.807, 2.05) is 23.1 Å². The molecule has 25 heavy (non-hydrogen) atoms. The number of carbonyl (C=O) groups excluding carboxylic acids is 1. The molecular weight excluding hydrogens is 316 g/mol. The molecule has 2 heterocycles. The quantitative estimate of drug-likeness (QED) is 0.875. The highest BCUT2D eigenvalue weighted by molar-refractivity contribution is 5.76. The van der Waals surface area contributed by atoms with Crippen molar-refractivity contribution in [1.29, 1.82) is 0 Å². The van der Waals surface area contributed by atoms with Gasteiger partial charge in [-0.1, -0.05) is 12.1 Å². The third kappa shape index (κ3) is 3.95. The molecule has 2 N–H and O–H groups in total. The predicted octanol–water partition coefficient (Wildman–Crippen LogP) is 2.40. The number of aliphatic hydroxyl groups excluding tert-OH is 1. The maximum Gasteiger partial charge on any atom is 0.317 e. The highest BCUT2D eigenvalue weighted by Crippen LogP contribution is 2.20. The van der Waals surface area contributed by atoms with Crippen LogP contribution in [0.4, 0.5) is 4.79 Å². The van der Waals surface area contributed by atoms with Crippen LogP contribution in [0.1, 0.15) is 32.5 Å². The molecule has 0 aliphatic carbocycles. The van der Waals surface area contributed by atoms with E-state index in [0.29, 0.717) is 19.5 Å². The summed E-state index contributed by atoms with van der Waals surface area (Å²) in [7, 11) is 0. The number of likely N-dealkylation sites (tertiary alicyclic amines) is 1. The van der Waals surface area contributed by atoms with E-state index in [0.717, 1.165) is 42.8 Å². The molecule has 2 aromatic rings. The average molecular weight is 344 g/mol. The molecule has 1 aromatic heterocycles. The molecule has 0 radical (unpaired) electrons. The van der Waals surface area contributed by atoms with Crippen LogP contribution in [0, 0.1) is 5.92 Å². The van der Waals surface area contributed by atoms with Crippen molar-refractivity contribution in [1.82, 2.24) is 19.8 Å². The van der Waals surface area contributed by atoms with Gasteiger partial charge in [-0.2, -0.15) is 0 Å². The van der Waals surface area contributed by atoms with Gasteiger partial charge in [-0.05, 0) is 38.8 Å². The van der Waals surface area contributed by atoms with Crippen LogP contribution < -0.4 is 5.32 Å². The van der Waals surface area contributed by atoms with Crippen LogP contribution in [-0.4, -0.2) is 51.3 Å². The van der Waals surface area contributed by atoms with Gasteiger partial charge in [0.1, 0.15) is 5.82 Å². The fourth-order valence-corrected chi connectivity index (χ4v) is 3.65. The number of benzene rings is 1. The summed E-state index contributed by atoms with van der Waals surface area (Å²) in [6.07, 6.45) is 2.29. The van der Waals surface area contributed by atoms with Crippen molar-refractivity contribution in [2.75, 3.05) is 19.6 Å². The number of amides is 2. The lowest BCUT2D eigenvalue weighted by atomic mass is 9.94. The zero-order chi connectivity index (χ0) is 17.8. The van der Waals surface area contributed by atoms with Crippen molar-refractivity contribution < 1.29 is 9.90 Å². The van der Waals surface area contributed by atoms with Gasteiger partial charge >= 0.3 is 6.03 Å². The van der Waals surface area contributed by atoms with Gasteiger partial charge in [0.2, 0.25) is 0 Å². The molecule has 6 heteroatoms. The van der Waals surface area contributed by atoms with Crippen molar-refractivity contribution >= 4 is 17.1 Å². The number of para-hydroxylation sites is 2. The lowest BCUT2D eigenvalue weighted by molar-refractivity contribution is 0.0740. The second-order valence-corrected chi connectivity index (χ2v) is 6.83. The van der Waals surface area contributed by atoms with Crippen molar-refractivity contribution in [3.63, 3.8) is 0 Å². The van der Waals surface area contributed by atoms with Gasteiger partial charge in [-0.3, -0.25) is 0 Å². The van der Waals surface area contributed by atoms with Crippen molar-refractivity contribution in [3.8, 4) is 0 Å². The number of urea groups is 1. The summed E-state index contributed by atoms with van der Waals surface area (Å²) in [4.78, 5) is 18.9. The highest BCUT2D eigenvalue weighted by atomic mass is 16.3. The molecule has 0 bridgehead atoms. The summed E-state index contributed by atoms with van der Waals surface area (Å²) in [6, 6.07) is 8.09. The van der Waals surface area contributed by atoms with Crippen LogP contribution in [0.2, 0.25) is 0 Å². The molecule has 1 aliphatic rings. The van der Waals surface area contributed by atoms with E-state index in [9.17, 15) is 9.90 Å². The van der Waals surface area contributed by atoms with Crippen LogP contribution in [-0.2, 0) is 13.0 Å². The average Bonchev–Trinajstić information content (AvgIpc) is 2.99. The minimum atomic E-state index is -0.361. The number of nitrogens with zero attached hydrogens (tertiary/aromatic N) is 3. The number of nitrogens with one attached hydrogen (secondary N) is 1. The van der Waals surface area contributed by atoms with Gasteiger partial charge in [0.15, 0.2) is 0 Å². The number of aliphatic hydroxyl groups is 1. The third-order valence-electron chi connectivity index (χ3n) is 5.10. The molecule has 1 aliphatic heterocycles. The number of imidazole rings is 1. The van der Waals surface area contributed by atoms with Gasteiger partial charge in [-0.25, -0.2) is 9.78 Å². The van der Waals surface area contributed by atoms with Gasteiger partial charge < -0.3 is 19.9 Å². The molecule has 2 unspecified atom stereocenters. The number of piperidine rings is 1. The normalized spacial score (nSPS) is 19.2. The number of hydrogen-bond donors (Lipinski definition) is 2. The number of carbonyl (C=O) groups is 1. The van der Waals surface area contributed by atoms with Gasteiger partial charge in [0.05, 0.1) is 17.1 Å². The minimum absolute atomic E-state index is 0.0375. The van der Waals surface area contributed by atoms with Crippen molar-refractivity contribution in [2.24, 2.45) is 5.92 Å². The fraction of sp³-hybridized carbons (Fsp3) is 0.579. The van der Waals surface area contributed by atoms with E-state index < -0.39 is 0 Å². The molecule has 1 fully saturated rings. The van der Waals surface area contributed by atoms with E-state index in [-0.39, 0.29) is 18.1 Å². The molecule has 3 rings (SSSR count). The molecule has 0 saturated carbocycles. The molecule has 2 amide bonds. The fourth-order valence-electron chi connectivity index (χ4n) is 3.65. The first kappa shape index (κ1) is 17.7. The zero-order valence-corrected chi connectivity index (χ0v) is 15.1. The summed E-state index contributed by atoms with van der Waals surface area (Å²) in [5, 5.41) is 12.8. The molecule has 1 aromatic carbocycles. The first-order valence-electron chi connectivity index (χ1n) is 9.25. The van der Waals surface area contributed by atoms with E-state index >= 15 is 0 Å². The van der Waals surface area contributed by atoms with Crippen LogP contribution in [0.3, 0.4) is 0 Å². The summed E-state index contributed by atoms with van der Waals surface area (Å²) in [6.45, 7) is 6.75. The summed E-state index contributed by atoms with van der Waals surface area (Å²) in [5.74, 6) is 1.19. The predicted molar refractivity (Wildman–Crippen MR) is 98.5 cm³/mol. The number of rotatable bonds is 5. The Hall–Kier alpha value is -2.08. The van der Waals surface area contributed by atoms with Crippen LogP contribution >= 0.6 is 0 Å². The lowest BCUT2D eigenvalue weighted by Gasteiger charge is -2.34. The second kappa shape index (κ2) is 7.87. The van der Waals surface area contributed by atoms with Crippen LogP contribution in [0.25, 0.3) is 11.0 Å². The first-order valence-corrected chi connectivity index (χ1v) is 9.25. The Kier molecular flexibility index (Phi) is 5.58. The van der Waals surface area contributed by atoms with Crippen LogP contribution in [0.15, 0.2) is 24.3 Å². The summed E-state index contributed by atoms with van der Waals surface area (Å²) >= 11 is 0. The number of hydrogen-bond acceptors (Lipinski definition) is 3. The number of fused-ring (bicyclic) bond motifs is 1. The lowest BCUT2D eigenvalue weighted by Crippen LogP contribution is -2.47. The second-order valence-electron chi connectivity index (χ2n) is 6.83. The summed E-state index contributed by atoms with van der Waals surface area (Å²) < 4.78 is 2.20. The zero-order valence-electron chi connectivity index (χ0n) is 15.1. The molecule has 2 atom stereocenters. The Morgan fingerprint density at radius 1 is 1.44 bits per heavy atom. The van der Waals surface area contributed by atoms with Crippen molar-refractivity contribution in [2.45, 2.75) is 45.8 Å². The SMILES string of the molecule is CCn1c(CCNC(=O)N2CCCC(C(C)O)C2)nc2ccccc21. The van der Waals surface area contributed by atoms with Gasteiger partial charge in [-0.15, -0.1) is 0 Å². The molecular formula is C19H28N4O2. The largest absolute Gasteiger partial charge is 0.393 e. The first-order chi connectivity index (χ1) is 12.1. The van der Waals surface area contributed by atoms with E-state index in [1.165, 1.54) is 0 Å². The Balaban J connectivity index is 1.57. The topological polar surface area (TPSA) is 70.4 Å². The van der Waals surface area contributed by atoms with Gasteiger partial charge in [0, 0.05) is 38.5 Å². The molecule has 136 valence electrons. The van der Waals surface area contributed by atoms with Gasteiger partial charge in [0.25, 0.3) is 0 Å². The standard InChI is InChI=1S/C19H28N4O2/c1-3-23-17-9-5-4-8-16(17)21-18(23)10-11-20-19(25)22-12-6-7-15(13-22)14(2)24/h4-5,8-9,14-15,24H,3,6-7,10-13H2,1-2H3,(H,20,25). The highest BCUT2D eigenvalue weighted by Gasteiger charge is 2.26. The molecule has 6 nitrogen and oxygen atoms in total. The Morgan fingerprint density at radius 2 is 2.24 bits per heavy atom. The van der Waals surface area contributed by atoms with E-state index in [1.54, 1.807) is 6.92 Å². The number of aromatic nitrogens is 2. The summed E-state index contributed by atoms with van der Waals surface area (Å²) in [5.41, 5.74) is 2.14. The smallest absolute Gasteiger partial charge is 0.317 e. The monoisotopic (exact) mass is 344 g/mol.